The van der Waals surface area contributed by atoms with Crippen LogP contribution >= 0.6 is 0 Å². The number of methoxy groups -OCH3 is 1. The molecule has 1 aromatic rings. The fourth-order valence-corrected chi connectivity index (χ4v) is 0.759. The molecule has 0 aromatic heterocycles. The molecule has 0 radical (unpaired) electrons. The Hall–Kier alpha value is 0.0513. The second kappa shape index (κ2) is 10.2. The average Bonchev–Trinajstić information content (AvgIpc) is 2.17. The van der Waals surface area contributed by atoms with Gasteiger partial charge in [-0.3, -0.25) is 12.9 Å². The van der Waals surface area contributed by atoms with Gasteiger partial charge in [-0.2, -0.15) is 24.6 Å². The van der Waals surface area contributed by atoms with E-state index in [2.05, 4.69) is 11.7 Å². The number of halogens is 3. The summed E-state index contributed by atoms with van der Waals surface area (Å²) in [6.45, 7) is 3.69. The zero-order valence-electron chi connectivity index (χ0n) is 9.04. The van der Waals surface area contributed by atoms with Crippen LogP contribution in [0.25, 0.3) is 0 Å². The molecule has 0 atom stereocenters. The molecule has 16 heavy (non-hydrogen) atoms. The quantitative estimate of drug-likeness (QED) is 0.386. The summed E-state index contributed by atoms with van der Waals surface area (Å²) >= 11 is 0. The molecule has 0 N–H and O–H groups in total. The van der Waals surface area contributed by atoms with E-state index in [0.717, 1.165) is 5.56 Å². The van der Waals surface area contributed by atoms with Crippen molar-refractivity contribution in [2.45, 2.75) is 0 Å². The van der Waals surface area contributed by atoms with Crippen molar-refractivity contribution < 1.29 is 73.9 Å². The molecule has 0 amide bonds. The van der Waals surface area contributed by atoms with Crippen molar-refractivity contribution in [3.63, 3.8) is 0 Å². The van der Waals surface area contributed by atoms with E-state index in [1.807, 2.05) is 0 Å². The minimum atomic E-state index is -3.67. The van der Waals surface area contributed by atoms with Gasteiger partial charge in [0.1, 0.15) is 0 Å². The van der Waals surface area contributed by atoms with Gasteiger partial charge in [-0.05, 0) is 0 Å². The Balaban J connectivity index is 0. The Kier molecular flexibility index (Phi) is 11.8. The predicted molar refractivity (Wildman–Crippen MR) is 51.3 cm³/mol. The van der Waals surface area contributed by atoms with Gasteiger partial charge in [0.05, 0.1) is 7.11 Å². The molecule has 0 spiro atoms. The first-order valence-corrected chi connectivity index (χ1v) is 3.90. The van der Waals surface area contributed by atoms with E-state index < -0.39 is 7.54 Å². The summed E-state index contributed by atoms with van der Waals surface area (Å²) in [7, 11) is -2.31. The molecule has 1 rings (SSSR count). The first kappa shape index (κ1) is 18.4. The Bertz CT molecular complexity index is 303. The SMILES string of the molecule is FB(F)F.[CH2-]c1ccc(C(=O)OC)cc1.[K+]. The average molecular weight is 256 g/mol. The first-order chi connectivity index (χ1) is 6.97. The molecule has 0 bridgehead atoms. The van der Waals surface area contributed by atoms with Crippen molar-refractivity contribution in [3.8, 4) is 0 Å². The molecular formula is C9H9BF3KO2. The molecule has 7 heteroatoms. The Morgan fingerprint density at radius 1 is 1.25 bits per heavy atom. The number of hydrogen-bond donors (Lipinski definition) is 0. The van der Waals surface area contributed by atoms with Crippen molar-refractivity contribution in [2.75, 3.05) is 7.11 Å². The molecule has 0 saturated carbocycles. The first-order valence-electron chi connectivity index (χ1n) is 3.90. The van der Waals surface area contributed by atoms with Gasteiger partial charge in [0.25, 0.3) is 0 Å². The molecule has 0 fully saturated rings. The van der Waals surface area contributed by atoms with Crippen LogP contribution < -0.4 is 51.4 Å². The summed E-state index contributed by atoms with van der Waals surface area (Å²) in [6, 6.07) is 6.92. The van der Waals surface area contributed by atoms with Crippen LogP contribution in [0.5, 0.6) is 0 Å². The molecule has 0 unspecified atom stereocenters. The number of ether oxygens (including phenoxy) is 1. The van der Waals surface area contributed by atoms with E-state index in [1.165, 1.54) is 7.11 Å². The fourth-order valence-electron chi connectivity index (χ4n) is 0.759. The maximum Gasteiger partial charge on any atom is 1.00 e. The van der Waals surface area contributed by atoms with Gasteiger partial charge in [0.2, 0.25) is 0 Å². The molecule has 0 aliphatic heterocycles. The van der Waals surface area contributed by atoms with Crippen LogP contribution in [0.1, 0.15) is 15.9 Å². The molecule has 0 saturated heterocycles. The summed E-state index contributed by atoms with van der Waals surface area (Å²) in [5, 5.41) is 0. The third kappa shape index (κ3) is 9.29. The van der Waals surface area contributed by atoms with Crippen LogP contribution in [-0.4, -0.2) is 20.6 Å². The van der Waals surface area contributed by atoms with Crippen molar-refractivity contribution >= 4 is 13.5 Å². The summed E-state index contributed by atoms with van der Waals surface area (Å²) in [6.07, 6.45) is 0. The molecule has 82 valence electrons. The minimum absolute atomic E-state index is 0. The summed E-state index contributed by atoms with van der Waals surface area (Å²) < 4.78 is 33.5. The summed E-state index contributed by atoms with van der Waals surface area (Å²) in [4.78, 5) is 10.9. The number of hydrogen-bond acceptors (Lipinski definition) is 2. The molecular weight excluding hydrogens is 247 g/mol. The van der Waals surface area contributed by atoms with Gasteiger partial charge in [0.15, 0.2) is 0 Å². The molecule has 2 nitrogen and oxygen atoms in total. The van der Waals surface area contributed by atoms with E-state index in [1.54, 1.807) is 24.3 Å². The van der Waals surface area contributed by atoms with Crippen molar-refractivity contribution in [1.82, 2.24) is 0 Å². The normalized spacial score (nSPS) is 8.00. The number of benzene rings is 1. The number of esters is 1. The van der Waals surface area contributed by atoms with E-state index in [-0.39, 0.29) is 57.4 Å². The number of rotatable bonds is 1. The van der Waals surface area contributed by atoms with E-state index >= 15 is 0 Å². The molecule has 1 aromatic carbocycles. The zero-order valence-corrected chi connectivity index (χ0v) is 12.2. The van der Waals surface area contributed by atoms with Gasteiger partial charge in [-0.25, -0.2) is 4.79 Å². The Morgan fingerprint density at radius 3 is 1.94 bits per heavy atom. The van der Waals surface area contributed by atoms with Crippen LogP contribution in [-0.2, 0) is 4.74 Å². The number of carbonyl (C=O) groups is 1. The van der Waals surface area contributed by atoms with Crippen LogP contribution in [0.3, 0.4) is 0 Å². The standard InChI is InChI=1S/C9H9O2.BF3.K/c1-7-3-5-8(6-4-7)9(10)11-2;2-1(3)4;/h3-6H,1H2,2H3;;/q-1;;+1. The van der Waals surface area contributed by atoms with E-state index in [9.17, 15) is 17.7 Å². The fraction of sp³-hybridized carbons (Fsp3) is 0.111. The van der Waals surface area contributed by atoms with Crippen LogP contribution in [0, 0.1) is 6.92 Å². The van der Waals surface area contributed by atoms with Gasteiger partial charge in [-0.15, -0.1) is 12.1 Å². The largest absolute Gasteiger partial charge is 1.00 e. The maximum absolute atomic E-state index is 10.9. The van der Waals surface area contributed by atoms with Crippen molar-refractivity contribution in [2.24, 2.45) is 0 Å². The maximum atomic E-state index is 10.9. The number of carbonyl (C=O) groups excluding carboxylic acids is 1. The van der Waals surface area contributed by atoms with E-state index in [0.29, 0.717) is 5.56 Å². The van der Waals surface area contributed by atoms with Gasteiger partial charge in [0, 0.05) is 5.56 Å². The van der Waals surface area contributed by atoms with Gasteiger partial charge >= 0.3 is 64.9 Å². The van der Waals surface area contributed by atoms with Gasteiger partial charge in [-0.1, -0.05) is 0 Å². The third-order valence-electron chi connectivity index (χ3n) is 1.38. The Labute approximate surface area is 135 Å². The Morgan fingerprint density at radius 2 is 1.62 bits per heavy atom. The monoisotopic (exact) mass is 256 g/mol. The predicted octanol–water partition coefficient (Wildman–Crippen LogP) is -0.461. The summed E-state index contributed by atoms with van der Waals surface area (Å²) in [5.74, 6) is -0.315. The minimum Gasteiger partial charge on any atom is -0.465 e. The second-order valence-electron chi connectivity index (χ2n) is 2.44. The van der Waals surface area contributed by atoms with Gasteiger partial charge < -0.3 is 4.74 Å². The van der Waals surface area contributed by atoms with Crippen LogP contribution in [0.4, 0.5) is 12.9 Å². The summed E-state index contributed by atoms with van der Waals surface area (Å²) in [5.41, 5.74) is 1.44. The molecule has 0 aliphatic rings. The smallest absolute Gasteiger partial charge is 0.465 e. The van der Waals surface area contributed by atoms with Crippen molar-refractivity contribution in [3.05, 3.63) is 42.3 Å². The molecule has 0 heterocycles. The zero-order chi connectivity index (χ0) is 11.8. The topological polar surface area (TPSA) is 26.3 Å². The second-order valence-corrected chi connectivity index (χ2v) is 2.44. The van der Waals surface area contributed by atoms with Crippen LogP contribution in [0.2, 0.25) is 0 Å². The van der Waals surface area contributed by atoms with Crippen LogP contribution in [0.15, 0.2) is 24.3 Å². The van der Waals surface area contributed by atoms with E-state index in [4.69, 9.17) is 0 Å². The third-order valence-corrected chi connectivity index (χ3v) is 1.38. The molecule has 0 aliphatic carbocycles. The van der Waals surface area contributed by atoms with Crippen molar-refractivity contribution in [1.29, 1.82) is 0 Å².